The summed E-state index contributed by atoms with van der Waals surface area (Å²) in [5.41, 5.74) is 0.261. The van der Waals surface area contributed by atoms with Gasteiger partial charge in [-0.15, -0.1) is 23.2 Å². The van der Waals surface area contributed by atoms with Crippen LogP contribution in [0.2, 0.25) is 0 Å². The molecule has 0 unspecified atom stereocenters. The Balaban J connectivity index is 2.54. The Labute approximate surface area is 139 Å². The second kappa shape index (κ2) is 9.29. The van der Waals surface area contributed by atoms with Crippen LogP contribution >= 0.6 is 23.2 Å². The molecule has 0 heterocycles. The second-order valence-electron chi connectivity index (χ2n) is 4.36. The van der Waals surface area contributed by atoms with Crippen LogP contribution in [0.25, 0.3) is 0 Å². The molecule has 1 N–H and O–H groups in total. The minimum Gasteiger partial charge on any atom is -0.351 e. The number of sulfonamides is 1. The summed E-state index contributed by atoms with van der Waals surface area (Å²) in [5.74, 6) is -0.836. The third-order valence-corrected chi connectivity index (χ3v) is 5.02. The van der Waals surface area contributed by atoms with Crippen LogP contribution in [0, 0.1) is 5.82 Å². The number of benzene rings is 1. The zero-order valence-corrected chi connectivity index (χ0v) is 14.1. The highest BCUT2D eigenvalue weighted by molar-refractivity contribution is 7.89. The molecule has 1 aromatic carbocycles. The van der Waals surface area contributed by atoms with Crippen molar-refractivity contribution < 1.29 is 17.6 Å². The highest BCUT2D eigenvalue weighted by atomic mass is 35.5. The molecule has 0 radical (unpaired) electrons. The van der Waals surface area contributed by atoms with Crippen LogP contribution < -0.4 is 5.32 Å². The molecule has 0 atom stereocenters. The molecule has 22 heavy (non-hydrogen) atoms. The summed E-state index contributed by atoms with van der Waals surface area (Å²) in [6.07, 6.45) is 0. The number of carbonyl (C=O) groups is 1. The predicted molar refractivity (Wildman–Crippen MR) is 85.5 cm³/mol. The van der Waals surface area contributed by atoms with Crippen molar-refractivity contribution in [2.24, 2.45) is 0 Å². The fourth-order valence-electron chi connectivity index (χ4n) is 1.70. The molecule has 1 aromatic rings. The number of nitrogens with zero attached hydrogens (tertiary/aromatic N) is 1. The van der Waals surface area contributed by atoms with Crippen molar-refractivity contribution in [2.45, 2.75) is 0 Å². The number of hydrogen-bond donors (Lipinski definition) is 1. The summed E-state index contributed by atoms with van der Waals surface area (Å²) in [7, 11) is -3.54. The molecule has 0 saturated carbocycles. The fourth-order valence-corrected chi connectivity index (χ4v) is 3.67. The number of carbonyl (C=O) groups excluding carboxylic acids is 1. The standard InChI is InChI=1S/C13H17Cl2FN2O3S/c14-5-8-18(9-6-15)22(20,21)10-7-17-13(19)11-1-3-12(16)4-2-11/h1-4H,5-10H2,(H,17,19). The van der Waals surface area contributed by atoms with Gasteiger partial charge in [0.25, 0.3) is 5.91 Å². The molecule has 5 nitrogen and oxygen atoms in total. The highest BCUT2D eigenvalue weighted by Gasteiger charge is 2.21. The third kappa shape index (κ3) is 6.08. The maximum absolute atomic E-state index is 12.8. The van der Waals surface area contributed by atoms with Gasteiger partial charge in [0.15, 0.2) is 0 Å². The molecule has 0 aliphatic heterocycles. The fraction of sp³-hybridized carbons (Fsp3) is 0.462. The number of hydrogen-bond acceptors (Lipinski definition) is 3. The minimum absolute atomic E-state index is 0.0559. The van der Waals surface area contributed by atoms with Crippen LogP contribution in [0.5, 0.6) is 0 Å². The average Bonchev–Trinajstić information content (AvgIpc) is 2.47. The second-order valence-corrected chi connectivity index (χ2v) is 7.20. The van der Waals surface area contributed by atoms with Crippen LogP contribution in [0.4, 0.5) is 4.39 Å². The van der Waals surface area contributed by atoms with E-state index in [4.69, 9.17) is 23.2 Å². The van der Waals surface area contributed by atoms with Crippen molar-refractivity contribution in [1.29, 1.82) is 0 Å². The molecule has 1 rings (SSSR count). The normalized spacial score (nSPS) is 11.6. The molecular formula is C13H17Cl2FN2O3S. The first-order chi connectivity index (χ1) is 10.4. The van der Waals surface area contributed by atoms with E-state index in [2.05, 4.69) is 5.32 Å². The molecule has 0 aliphatic carbocycles. The lowest BCUT2D eigenvalue weighted by Crippen LogP contribution is -2.39. The number of rotatable bonds is 9. The van der Waals surface area contributed by atoms with Gasteiger partial charge in [0.1, 0.15) is 5.82 Å². The predicted octanol–water partition coefficient (Wildman–Crippen LogP) is 1.66. The first-order valence-electron chi connectivity index (χ1n) is 6.54. The molecule has 0 bridgehead atoms. The minimum atomic E-state index is -3.54. The molecule has 124 valence electrons. The van der Waals surface area contributed by atoms with E-state index in [0.717, 1.165) is 12.1 Å². The van der Waals surface area contributed by atoms with E-state index in [1.54, 1.807) is 0 Å². The van der Waals surface area contributed by atoms with E-state index in [1.165, 1.54) is 16.4 Å². The van der Waals surface area contributed by atoms with Gasteiger partial charge in [-0.05, 0) is 24.3 Å². The van der Waals surface area contributed by atoms with Crippen molar-refractivity contribution in [3.05, 3.63) is 35.6 Å². The van der Waals surface area contributed by atoms with E-state index < -0.39 is 21.7 Å². The first-order valence-corrected chi connectivity index (χ1v) is 9.22. The summed E-state index contributed by atoms with van der Waals surface area (Å²) < 4.78 is 38.1. The molecule has 0 aromatic heterocycles. The van der Waals surface area contributed by atoms with Gasteiger partial charge >= 0.3 is 0 Å². The Morgan fingerprint density at radius 3 is 2.18 bits per heavy atom. The molecule has 0 aliphatic rings. The van der Waals surface area contributed by atoms with E-state index in [9.17, 15) is 17.6 Å². The Kier molecular flexibility index (Phi) is 8.09. The van der Waals surface area contributed by atoms with E-state index in [0.29, 0.717) is 0 Å². The summed E-state index contributed by atoms with van der Waals surface area (Å²) in [6, 6.07) is 4.97. The van der Waals surface area contributed by atoms with Gasteiger partial charge in [-0.2, -0.15) is 4.31 Å². The van der Waals surface area contributed by atoms with Crippen LogP contribution in [0.15, 0.2) is 24.3 Å². The summed E-state index contributed by atoms with van der Waals surface area (Å²) in [4.78, 5) is 11.8. The van der Waals surface area contributed by atoms with Gasteiger partial charge in [0, 0.05) is 37.0 Å². The topological polar surface area (TPSA) is 66.5 Å². The molecule has 9 heteroatoms. The van der Waals surface area contributed by atoms with Crippen LogP contribution in [0.1, 0.15) is 10.4 Å². The number of amides is 1. The Hall–Kier alpha value is -0.890. The molecular weight excluding hydrogens is 354 g/mol. The van der Waals surface area contributed by atoms with E-state index >= 15 is 0 Å². The average molecular weight is 371 g/mol. The van der Waals surface area contributed by atoms with Crippen molar-refractivity contribution in [3.8, 4) is 0 Å². The molecule has 0 saturated heterocycles. The Bertz CT molecular complexity index is 575. The SMILES string of the molecule is O=C(NCCS(=O)(=O)N(CCCl)CCCl)c1ccc(F)cc1. The quantitative estimate of drug-likeness (QED) is 0.672. The first kappa shape index (κ1) is 19.2. The number of nitrogens with one attached hydrogen (secondary N) is 1. The van der Waals surface area contributed by atoms with Gasteiger partial charge in [-0.25, -0.2) is 12.8 Å². The summed E-state index contributed by atoms with van der Waals surface area (Å²) >= 11 is 11.1. The van der Waals surface area contributed by atoms with Gasteiger partial charge in [0.05, 0.1) is 5.75 Å². The zero-order valence-electron chi connectivity index (χ0n) is 11.8. The summed E-state index contributed by atoms with van der Waals surface area (Å²) in [6.45, 7) is 0.282. The van der Waals surface area contributed by atoms with Gasteiger partial charge in [-0.3, -0.25) is 4.79 Å². The van der Waals surface area contributed by atoms with Crippen LogP contribution in [-0.4, -0.2) is 55.8 Å². The molecule has 1 amide bonds. The van der Waals surface area contributed by atoms with Crippen LogP contribution in [0.3, 0.4) is 0 Å². The third-order valence-electron chi connectivity index (χ3n) is 2.81. The smallest absolute Gasteiger partial charge is 0.251 e. The highest BCUT2D eigenvalue weighted by Crippen LogP contribution is 2.04. The largest absolute Gasteiger partial charge is 0.351 e. The lowest BCUT2D eigenvalue weighted by Gasteiger charge is -2.20. The zero-order chi connectivity index (χ0) is 16.6. The van der Waals surface area contributed by atoms with Crippen LogP contribution in [-0.2, 0) is 10.0 Å². The summed E-state index contributed by atoms with van der Waals surface area (Å²) in [5, 5.41) is 2.48. The monoisotopic (exact) mass is 370 g/mol. The van der Waals surface area contributed by atoms with E-state index in [-0.39, 0.29) is 42.7 Å². The lowest BCUT2D eigenvalue weighted by atomic mass is 10.2. The number of halogens is 3. The van der Waals surface area contributed by atoms with Gasteiger partial charge in [-0.1, -0.05) is 0 Å². The maximum Gasteiger partial charge on any atom is 0.251 e. The molecule has 0 spiro atoms. The number of alkyl halides is 2. The van der Waals surface area contributed by atoms with Gasteiger partial charge < -0.3 is 5.32 Å². The van der Waals surface area contributed by atoms with E-state index in [1.807, 2.05) is 0 Å². The maximum atomic E-state index is 12.8. The lowest BCUT2D eigenvalue weighted by molar-refractivity contribution is 0.0956. The van der Waals surface area contributed by atoms with Gasteiger partial charge in [0.2, 0.25) is 10.0 Å². The van der Waals surface area contributed by atoms with Crippen molar-refractivity contribution >= 4 is 39.1 Å². The van der Waals surface area contributed by atoms with Crippen molar-refractivity contribution in [3.63, 3.8) is 0 Å². The van der Waals surface area contributed by atoms with Crippen molar-refractivity contribution in [1.82, 2.24) is 9.62 Å². The van der Waals surface area contributed by atoms with Crippen molar-refractivity contribution in [2.75, 3.05) is 37.1 Å². The molecule has 0 fully saturated rings. The Morgan fingerprint density at radius 2 is 1.68 bits per heavy atom. The Morgan fingerprint density at radius 1 is 1.14 bits per heavy atom.